The van der Waals surface area contributed by atoms with Crippen LogP contribution in [0.2, 0.25) is 0 Å². The molecule has 0 aromatic heterocycles. The number of fused-ring (bicyclic) bond motifs is 5. The molecule has 1 saturated heterocycles. The van der Waals surface area contributed by atoms with Gasteiger partial charge in [0.05, 0.1) is 0 Å². The number of thioether (sulfide) groups is 1. The number of hydrogen-bond donors (Lipinski definition) is 2. The largest absolute Gasteiger partial charge is 0.480 e. The highest BCUT2D eigenvalue weighted by atomic mass is 32.2. The van der Waals surface area contributed by atoms with E-state index in [0.717, 1.165) is 17.6 Å². The van der Waals surface area contributed by atoms with Crippen LogP contribution in [-0.2, 0) is 4.79 Å². The van der Waals surface area contributed by atoms with Crippen molar-refractivity contribution in [3.63, 3.8) is 0 Å². The Morgan fingerprint density at radius 1 is 1.20 bits per heavy atom. The maximum Gasteiger partial charge on any atom is 0.327 e. The maximum atomic E-state index is 12.4. The first-order valence-electron chi connectivity index (χ1n) is 7.54. The molecule has 110 valence electrons. The van der Waals surface area contributed by atoms with E-state index in [0.29, 0.717) is 30.2 Å². The van der Waals surface area contributed by atoms with Gasteiger partial charge in [-0.1, -0.05) is 0 Å². The van der Waals surface area contributed by atoms with Crippen LogP contribution in [0.15, 0.2) is 0 Å². The number of urea groups is 1. The number of nitrogens with zero attached hydrogens (tertiary/aromatic N) is 1. The molecule has 3 aliphatic carbocycles. The smallest absolute Gasteiger partial charge is 0.327 e. The molecule has 1 heterocycles. The van der Waals surface area contributed by atoms with Crippen molar-refractivity contribution in [2.24, 2.45) is 23.7 Å². The van der Waals surface area contributed by atoms with Gasteiger partial charge >= 0.3 is 12.0 Å². The number of carboxylic acids is 1. The summed E-state index contributed by atoms with van der Waals surface area (Å²) in [7, 11) is 0. The first kappa shape index (κ1) is 12.8. The van der Waals surface area contributed by atoms with Crippen molar-refractivity contribution in [1.29, 1.82) is 0 Å². The highest BCUT2D eigenvalue weighted by molar-refractivity contribution is 7.99. The number of aliphatic carboxylic acids is 1. The van der Waals surface area contributed by atoms with Crippen LogP contribution in [0.4, 0.5) is 4.79 Å². The Morgan fingerprint density at radius 3 is 2.55 bits per heavy atom. The molecular formula is C14H20N2O3S. The molecule has 4 aliphatic rings. The molecule has 5 unspecified atom stereocenters. The Kier molecular flexibility index (Phi) is 2.91. The van der Waals surface area contributed by atoms with E-state index in [-0.39, 0.29) is 6.03 Å². The zero-order chi connectivity index (χ0) is 13.9. The van der Waals surface area contributed by atoms with Crippen LogP contribution in [0.5, 0.6) is 0 Å². The van der Waals surface area contributed by atoms with Crippen LogP contribution >= 0.6 is 11.8 Å². The molecule has 4 rings (SSSR count). The molecule has 0 spiro atoms. The van der Waals surface area contributed by atoms with Crippen molar-refractivity contribution in [2.75, 3.05) is 18.1 Å². The van der Waals surface area contributed by atoms with Crippen molar-refractivity contribution in [1.82, 2.24) is 10.2 Å². The summed E-state index contributed by atoms with van der Waals surface area (Å²) in [4.78, 5) is 25.1. The van der Waals surface area contributed by atoms with Crippen molar-refractivity contribution >= 4 is 23.8 Å². The fourth-order valence-corrected chi connectivity index (χ4v) is 5.83. The van der Waals surface area contributed by atoms with Gasteiger partial charge in [0, 0.05) is 24.1 Å². The first-order valence-corrected chi connectivity index (χ1v) is 8.70. The van der Waals surface area contributed by atoms with Gasteiger partial charge in [-0.3, -0.25) is 0 Å². The predicted octanol–water partition coefficient (Wildman–Crippen LogP) is 1.24. The lowest BCUT2D eigenvalue weighted by Crippen LogP contribution is -2.54. The lowest BCUT2D eigenvalue weighted by Gasteiger charge is -2.32. The standard InChI is InChI=1S/C14H20N2O3S/c17-13(18)9-6-20-4-3-16(9)14(19)15-12-10-7-1-2-8(5-7)11(10)12/h7-12H,1-6H2,(H,15,19)(H,17,18). The molecule has 0 aromatic rings. The highest BCUT2D eigenvalue weighted by Gasteiger charge is 2.65. The summed E-state index contributed by atoms with van der Waals surface area (Å²) in [6.45, 7) is 0.544. The first-order chi connectivity index (χ1) is 9.66. The normalized spacial score (nSPS) is 45.1. The lowest BCUT2D eigenvalue weighted by molar-refractivity contribution is -0.141. The van der Waals surface area contributed by atoms with E-state index in [1.807, 2.05) is 0 Å². The number of rotatable bonds is 2. The van der Waals surface area contributed by atoms with Crippen LogP contribution < -0.4 is 5.32 Å². The van der Waals surface area contributed by atoms with Crippen LogP contribution in [-0.4, -0.2) is 52.1 Å². The molecule has 5 nitrogen and oxygen atoms in total. The van der Waals surface area contributed by atoms with Gasteiger partial charge in [0.25, 0.3) is 0 Å². The molecule has 20 heavy (non-hydrogen) atoms. The predicted molar refractivity (Wildman–Crippen MR) is 75.6 cm³/mol. The Morgan fingerprint density at radius 2 is 1.90 bits per heavy atom. The van der Waals surface area contributed by atoms with Gasteiger partial charge in [-0.25, -0.2) is 9.59 Å². The number of nitrogens with one attached hydrogen (secondary N) is 1. The molecule has 2 bridgehead atoms. The van der Waals surface area contributed by atoms with Crippen LogP contribution in [0.3, 0.4) is 0 Å². The Hall–Kier alpha value is -0.910. The summed E-state index contributed by atoms with van der Waals surface area (Å²) in [5, 5.41) is 12.4. The van der Waals surface area contributed by atoms with Crippen LogP contribution in [0.1, 0.15) is 19.3 Å². The average molecular weight is 296 g/mol. The minimum Gasteiger partial charge on any atom is -0.480 e. The van der Waals surface area contributed by atoms with Gasteiger partial charge in [-0.15, -0.1) is 0 Å². The van der Waals surface area contributed by atoms with E-state index in [4.69, 9.17) is 0 Å². The van der Waals surface area contributed by atoms with E-state index in [1.165, 1.54) is 24.2 Å². The minimum atomic E-state index is -0.886. The Balaban J connectivity index is 1.40. The molecule has 3 saturated carbocycles. The number of hydrogen-bond acceptors (Lipinski definition) is 3. The second-order valence-electron chi connectivity index (χ2n) is 6.59. The Bertz CT molecular complexity index is 442. The van der Waals surface area contributed by atoms with Gasteiger partial charge in [0.1, 0.15) is 6.04 Å². The molecule has 0 radical (unpaired) electrons. The monoisotopic (exact) mass is 296 g/mol. The second-order valence-corrected chi connectivity index (χ2v) is 7.74. The molecule has 1 aliphatic heterocycles. The van der Waals surface area contributed by atoms with Crippen molar-refractivity contribution in [3.05, 3.63) is 0 Å². The fourth-order valence-electron chi connectivity index (χ4n) is 4.80. The third kappa shape index (κ3) is 1.84. The van der Waals surface area contributed by atoms with Gasteiger partial charge < -0.3 is 15.3 Å². The molecule has 6 heteroatoms. The maximum absolute atomic E-state index is 12.4. The average Bonchev–Trinajstić information content (AvgIpc) is 2.84. The Labute approximate surface area is 122 Å². The molecule has 5 atom stereocenters. The highest BCUT2D eigenvalue weighted by Crippen LogP contribution is 2.65. The van der Waals surface area contributed by atoms with Gasteiger partial charge in [-0.2, -0.15) is 11.8 Å². The molecule has 2 amide bonds. The summed E-state index contributed by atoms with van der Waals surface area (Å²) in [6.07, 6.45) is 4.02. The van der Waals surface area contributed by atoms with Gasteiger partial charge in [-0.05, 0) is 42.9 Å². The number of carbonyl (C=O) groups is 2. The van der Waals surface area contributed by atoms with E-state index >= 15 is 0 Å². The molecular weight excluding hydrogens is 276 g/mol. The van der Waals surface area contributed by atoms with Crippen LogP contribution in [0.25, 0.3) is 0 Å². The van der Waals surface area contributed by atoms with Gasteiger partial charge in [0.2, 0.25) is 0 Å². The second kappa shape index (κ2) is 4.55. The van der Waals surface area contributed by atoms with Crippen molar-refractivity contribution in [2.45, 2.75) is 31.3 Å². The topological polar surface area (TPSA) is 69.6 Å². The van der Waals surface area contributed by atoms with Crippen LogP contribution in [0, 0.1) is 23.7 Å². The van der Waals surface area contributed by atoms with E-state index in [2.05, 4.69) is 5.32 Å². The van der Waals surface area contributed by atoms with Gasteiger partial charge in [0.15, 0.2) is 0 Å². The summed E-state index contributed by atoms with van der Waals surface area (Å²) < 4.78 is 0. The quantitative estimate of drug-likeness (QED) is 0.804. The minimum absolute atomic E-state index is 0.156. The third-order valence-electron chi connectivity index (χ3n) is 5.70. The summed E-state index contributed by atoms with van der Waals surface area (Å²) in [6, 6.07) is -0.488. The van der Waals surface area contributed by atoms with Crippen molar-refractivity contribution < 1.29 is 14.7 Å². The lowest BCUT2D eigenvalue weighted by atomic mass is 10.0. The number of carbonyl (C=O) groups excluding carboxylic acids is 1. The number of amides is 2. The zero-order valence-electron chi connectivity index (χ0n) is 11.3. The van der Waals surface area contributed by atoms with E-state index < -0.39 is 12.0 Å². The van der Waals surface area contributed by atoms with E-state index in [1.54, 1.807) is 11.8 Å². The summed E-state index contributed by atoms with van der Waals surface area (Å²) in [5.41, 5.74) is 0. The SMILES string of the molecule is O=C(O)C1CSCCN1C(=O)NC1C2C3CCC(C3)C12. The number of carboxylic acid groups (broad SMARTS) is 1. The summed E-state index contributed by atoms with van der Waals surface area (Å²) >= 11 is 1.61. The summed E-state index contributed by atoms with van der Waals surface area (Å²) in [5.74, 6) is 3.49. The molecule has 4 fully saturated rings. The van der Waals surface area contributed by atoms with Crippen molar-refractivity contribution in [3.8, 4) is 0 Å². The van der Waals surface area contributed by atoms with E-state index in [9.17, 15) is 14.7 Å². The third-order valence-corrected chi connectivity index (χ3v) is 6.72. The molecule has 0 aromatic carbocycles. The fraction of sp³-hybridized carbons (Fsp3) is 0.857. The molecule has 2 N–H and O–H groups in total. The zero-order valence-corrected chi connectivity index (χ0v) is 12.1.